The van der Waals surface area contributed by atoms with Crippen LogP contribution in [0.2, 0.25) is 0 Å². The Morgan fingerprint density at radius 1 is 1.14 bits per heavy atom. The summed E-state index contributed by atoms with van der Waals surface area (Å²) in [6.45, 7) is 9.02. The zero-order valence-corrected chi connectivity index (χ0v) is 13.6. The molecular weight excluding hydrogens is 262 g/mol. The van der Waals surface area contributed by atoms with E-state index in [-0.39, 0.29) is 17.5 Å². The molecule has 0 bridgehead atoms. The van der Waals surface area contributed by atoms with Crippen molar-refractivity contribution in [1.29, 1.82) is 0 Å². The van der Waals surface area contributed by atoms with Gasteiger partial charge in [0.25, 0.3) is 0 Å². The molecule has 21 heavy (non-hydrogen) atoms. The Labute approximate surface area is 128 Å². The first-order valence-electron chi connectivity index (χ1n) is 8.16. The van der Waals surface area contributed by atoms with E-state index in [0.717, 1.165) is 11.5 Å². The predicted molar refractivity (Wildman–Crippen MR) is 86.5 cm³/mol. The fourth-order valence-electron chi connectivity index (χ4n) is 3.70. The van der Waals surface area contributed by atoms with E-state index in [1.165, 1.54) is 25.3 Å². The summed E-state index contributed by atoms with van der Waals surface area (Å²) in [5.74, 6) is 2.41. The van der Waals surface area contributed by atoms with E-state index in [4.69, 9.17) is 0 Å². The minimum Gasteiger partial charge on any atom is -0.508 e. The van der Waals surface area contributed by atoms with Gasteiger partial charge >= 0.3 is 0 Å². The zero-order valence-electron chi connectivity index (χ0n) is 13.6. The highest BCUT2D eigenvalue weighted by molar-refractivity contribution is 5.40. The molecule has 3 heteroatoms. The van der Waals surface area contributed by atoms with Crippen molar-refractivity contribution in [3.63, 3.8) is 0 Å². The molecule has 0 spiro atoms. The van der Waals surface area contributed by atoms with Gasteiger partial charge in [-0.25, -0.2) is 0 Å². The van der Waals surface area contributed by atoms with Crippen LogP contribution < -0.4 is 5.32 Å². The minimum atomic E-state index is 0.0853. The molecule has 1 saturated carbocycles. The van der Waals surface area contributed by atoms with Crippen LogP contribution in [0, 0.1) is 17.8 Å². The molecule has 0 aromatic heterocycles. The van der Waals surface area contributed by atoms with Gasteiger partial charge in [0, 0.05) is 23.7 Å². The number of rotatable bonds is 4. The highest BCUT2D eigenvalue weighted by Crippen LogP contribution is 2.36. The van der Waals surface area contributed by atoms with E-state index < -0.39 is 0 Å². The highest BCUT2D eigenvalue weighted by atomic mass is 16.3. The first kappa shape index (κ1) is 16.2. The smallest absolute Gasteiger partial charge is 0.124 e. The summed E-state index contributed by atoms with van der Waals surface area (Å²) in [7, 11) is 0. The molecule has 1 aromatic rings. The van der Waals surface area contributed by atoms with Gasteiger partial charge in [0.1, 0.15) is 11.5 Å². The molecule has 1 aliphatic rings. The van der Waals surface area contributed by atoms with Crippen LogP contribution in [-0.4, -0.2) is 16.3 Å². The first-order chi connectivity index (χ1) is 9.88. The van der Waals surface area contributed by atoms with Crippen molar-refractivity contribution in [2.45, 2.75) is 59.0 Å². The molecule has 3 N–H and O–H groups in total. The second kappa shape index (κ2) is 6.69. The van der Waals surface area contributed by atoms with Crippen molar-refractivity contribution >= 4 is 0 Å². The molecule has 4 atom stereocenters. The van der Waals surface area contributed by atoms with Gasteiger partial charge < -0.3 is 15.5 Å². The van der Waals surface area contributed by atoms with Crippen LogP contribution >= 0.6 is 0 Å². The fourth-order valence-corrected chi connectivity index (χ4v) is 3.70. The van der Waals surface area contributed by atoms with E-state index in [2.05, 4.69) is 33.0 Å². The Bertz CT molecular complexity index is 472. The lowest BCUT2D eigenvalue weighted by molar-refractivity contribution is 0.160. The van der Waals surface area contributed by atoms with Crippen molar-refractivity contribution < 1.29 is 10.2 Å². The summed E-state index contributed by atoms with van der Waals surface area (Å²) in [5.41, 5.74) is 0.855. The Kier molecular flexibility index (Phi) is 5.15. The molecule has 118 valence electrons. The van der Waals surface area contributed by atoms with Gasteiger partial charge in [-0.2, -0.15) is 0 Å². The van der Waals surface area contributed by atoms with Crippen LogP contribution in [0.25, 0.3) is 0 Å². The molecule has 0 amide bonds. The summed E-state index contributed by atoms with van der Waals surface area (Å²) in [5, 5.41) is 23.1. The molecule has 1 fully saturated rings. The van der Waals surface area contributed by atoms with E-state index >= 15 is 0 Å². The molecule has 0 saturated heterocycles. The Hall–Kier alpha value is -1.22. The lowest BCUT2D eigenvalue weighted by Crippen LogP contribution is -2.43. The monoisotopic (exact) mass is 291 g/mol. The number of aromatic hydroxyl groups is 2. The van der Waals surface area contributed by atoms with Crippen molar-refractivity contribution in [2.24, 2.45) is 17.8 Å². The van der Waals surface area contributed by atoms with E-state index in [0.29, 0.717) is 17.9 Å². The maximum absolute atomic E-state index is 10.0. The van der Waals surface area contributed by atoms with Crippen LogP contribution in [-0.2, 0) is 0 Å². The topological polar surface area (TPSA) is 52.5 Å². The van der Waals surface area contributed by atoms with E-state index in [1.54, 1.807) is 12.1 Å². The van der Waals surface area contributed by atoms with Crippen molar-refractivity contribution in [3.05, 3.63) is 23.8 Å². The normalized spacial score (nSPS) is 27.8. The zero-order chi connectivity index (χ0) is 15.6. The summed E-state index contributed by atoms with van der Waals surface area (Å²) < 4.78 is 0. The van der Waals surface area contributed by atoms with Crippen LogP contribution in [0.5, 0.6) is 11.5 Å². The van der Waals surface area contributed by atoms with E-state index in [9.17, 15) is 10.2 Å². The summed E-state index contributed by atoms with van der Waals surface area (Å²) in [6, 6.07) is 5.44. The second-order valence-electron chi connectivity index (χ2n) is 7.06. The maximum atomic E-state index is 10.0. The third-order valence-corrected chi connectivity index (χ3v) is 4.97. The molecule has 0 aliphatic heterocycles. The second-order valence-corrected chi connectivity index (χ2v) is 7.06. The fraction of sp³-hybridized carbons (Fsp3) is 0.667. The molecule has 4 unspecified atom stereocenters. The summed E-state index contributed by atoms with van der Waals surface area (Å²) in [4.78, 5) is 0. The van der Waals surface area contributed by atoms with Gasteiger partial charge in [0.05, 0.1) is 0 Å². The minimum absolute atomic E-state index is 0.0853. The van der Waals surface area contributed by atoms with Crippen LogP contribution in [0.3, 0.4) is 0 Å². The molecule has 2 rings (SSSR count). The SMILES string of the molecule is CC1CCC(C(C)C)C(NC(C)c2ccc(O)cc2O)C1. The largest absolute Gasteiger partial charge is 0.508 e. The summed E-state index contributed by atoms with van der Waals surface area (Å²) in [6.07, 6.45) is 3.80. The third kappa shape index (κ3) is 3.91. The highest BCUT2D eigenvalue weighted by Gasteiger charge is 2.31. The molecule has 3 nitrogen and oxygen atoms in total. The van der Waals surface area contributed by atoms with Gasteiger partial charge in [0.2, 0.25) is 0 Å². The molecule has 0 heterocycles. The number of nitrogens with one attached hydrogen (secondary N) is 1. The van der Waals surface area contributed by atoms with Crippen molar-refractivity contribution in [2.75, 3.05) is 0 Å². The predicted octanol–water partition coefficient (Wildman–Crippen LogP) is 4.21. The van der Waals surface area contributed by atoms with E-state index in [1.807, 2.05) is 0 Å². The Morgan fingerprint density at radius 3 is 2.48 bits per heavy atom. The number of hydrogen-bond donors (Lipinski definition) is 3. The standard InChI is InChI=1S/C18H29NO2/c1-11(2)15-7-5-12(3)9-17(15)19-13(4)16-8-6-14(20)10-18(16)21/h6,8,10-13,15,17,19-21H,5,7,9H2,1-4H3. The molecule has 1 aliphatic carbocycles. The third-order valence-electron chi connectivity index (χ3n) is 4.97. The lowest BCUT2D eigenvalue weighted by Gasteiger charge is -2.39. The molecule has 0 radical (unpaired) electrons. The molecule has 1 aromatic carbocycles. The van der Waals surface area contributed by atoms with Gasteiger partial charge in [-0.1, -0.05) is 33.3 Å². The van der Waals surface area contributed by atoms with Crippen LogP contribution in [0.1, 0.15) is 58.6 Å². The number of phenols is 2. The first-order valence-corrected chi connectivity index (χ1v) is 8.16. The number of hydrogen-bond acceptors (Lipinski definition) is 3. The summed E-state index contributed by atoms with van der Waals surface area (Å²) >= 11 is 0. The number of phenolic OH excluding ortho intramolecular Hbond substituents is 2. The van der Waals surface area contributed by atoms with Crippen molar-refractivity contribution in [1.82, 2.24) is 5.32 Å². The number of benzene rings is 1. The van der Waals surface area contributed by atoms with Gasteiger partial charge in [-0.15, -0.1) is 0 Å². The van der Waals surface area contributed by atoms with Gasteiger partial charge in [-0.05, 0) is 43.6 Å². The Balaban J connectivity index is 2.10. The molecular formula is C18H29NO2. The van der Waals surface area contributed by atoms with Crippen LogP contribution in [0.15, 0.2) is 18.2 Å². The van der Waals surface area contributed by atoms with Crippen molar-refractivity contribution in [3.8, 4) is 11.5 Å². The maximum Gasteiger partial charge on any atom is 0.124 e. The van der Waals surface area contributed by atoms with Crippen LogP contribution in [0.4, 0.5) is 0 Å². The quantitative estimate of drug-likeness (QED) is 0.779. The van der Waals surface area contributed by atoms with Gasteiger partial charge in [0.15, 0.2) is 0 Å². The lowest BCUT2D eigenvalue weighted by atomic mass is 9.73. The average Bonchev–Trinajstić information content (AvgIpc) is 2.37. The average molecular weight is 291 g/mol. The Morgan fingerprint density at radius 2 is 1.86 bits per heavy atom. The van der Waals surface area contributed by atoms with Gasteiger partial charge in [-0.3, -0.25) is 0 Å².